The quantitative estimate of drug-likeness (QED) is 0.843. The summed E-state index contributed by atoms with van der Waals surface area (Å²) in [7, 11) is -3.39. The third kappa shape index (κ3) is 3.94. The van der Waals surface area contributed by atoms with Gasteiger partial charge in [-0.3, -0.25) is 0 Å². The van der Waals surface area contributed by atoms with Crippen LogP contribution in [0, 0.1) is 5.92 Å². The van der Waals surface area contributed by atoms with Gasteiger partial charge in [-0.05, 0) is 63.8 Å². The summed E-state index contributed by atoms with van der Waals surface area (Å²) < 4.78 is 26.5. The van der Waals surface area contributed by atoms with Crippen molar-refractivity contribution in [1.82, 2.24) is 4.72 Å². The number of rotatable bonds is 6. The van der Waals surface area contributed by atoms with Gasteiger partial charge < -0.3 is 5.32 Å². The van der Waals surface area contributed by atoms with Gasteiger partial charge in [0.05, 0.1) is 4.90 Å². The molecule has 5 heteroatoms. The van der Waals surface area contributed by atoms with Crippen molar-refractivity contribution < 1.29 is 8.42 Å². The second-order valence-corrected chi connectivity index (χ2v) is 7.28. The van der Waals surface area contributed by atoms with Crippen molar-refractivity contribution in [3.63, 3.8) is 0 Å². The first-order valence-electron chi connectivity index (χ1n) is 6.77. The van der Waals surface area contributed by atoms with Gasteiger partial charge >= 0.3 is 0 Å². The first-order valence-corrected chi connectivity index (χ1v) is 8.26. The molecule has 2 N–H and O–H groups in total. The molecule has 1 atom stereocenters. The Balaban J connectivity index is 2.05. The minimum Gasteiger partial charge on any atom is -0.382 e. The van der Waals surface area contributed by atoms with E-state index in [1.54, 1.807) is 12.1 Å². The van der Waals surface area contributed by atoms with Crippen molar-refractivity contribution >= 4 is 15.7 Å². The molecule has 0 radical (unpaired) electrons. The molecule has 1 fully saturated rings. The minimum atomic E-state index is -3.39. The van der Waals surface area contributed by atoms with Gasteiger partial charge in [0.1, 0.15) is 0 Å². The number of benzene rings is 1. The van der Waals surface area contributed by atoms with E-state index < -0.39 is 10.0 Å². The van der Waals surface area contributed by atoms with Crippen LogP contribution >= 0.6 is 0 Å². The summed E-state index contributed by atoms with van der Waals surface area (Å²) in [6.45, 7) is 5.79. The molecule has 1 aliphatic rings. The molecule has 106 valence electrons. The van der Waals surface area contributed by atoms with Crippen molar-refractivity contribution in [2.45, 2.75) is 50.6 Å². The lowest BCUT2D eigenvalue weighted by Gasteiger charge is -2.15. The van der Waals surface area contributed by atoms with Crippen molar-refractivity contribution in [3.05, 3.63) is 24.3 Å². The Morgan fingerprint density at radius 2 is 1.68 bits per heavy atom. The van der Waals surface area contributed by atoms with Gasteiger partial charge in [0.25, 0.3) is 0 Å². The van der Waals surface area contributed by atoms with E-state index in [4.69, 9.17) is 0 Å². The summed E-state index contributed by atoms with van der Waals surface area (Å²) in [5, 5.41) is 3.41. The molecule has 0 amide bonds. The highest BCUT2D eigenvalue weighted by atomic mass is 32.2. The van der Waals surface area contributed by atoms with Gasteiger partial charge in [-0.15, -0.1) is 0 Å². The predicted octanol–water partition coefficient (Wildman–Crippen LogP) is 2.58. The van der Waals surface area contributed by atoms with E-state index in [9.17, 15) is 8.42 Å². The van der Waals surface area contributed by atoms with Crippen LogP contribution in [0.3, 0.4) is 0 Å². The van der Waals surface area contributed by atoms with Gasteiger partial charge in [0, 0.05) is 17.8 Å². The van der Waals surface area contributed by atoms with Crippen LogP contribution in [0.25, 0.3) is 0 Å². The fourth-order valence-corrected chi connectivity index (χ4v) is 3.34. The van der Waals surface area contributed by atoms with E-state index in [1.807, 2.05) is 26.0 Å². The zero-order valence-corrected chi connectivity index (χ0v) is 12.5. The van der Waals surface area contributed by atoms with Gasteiger partial charge in [0.15, 0.2) is 0 Å². The molecule has 19 heavy (non-hydrogen) atoms. The SMILES string of the molecule is CC(C)NS(=O)(=O)c1ccc(NC(C)C2CC2)cc1. The standard InChI is InChI=1S/C14H22N2O2S/c1-10(2)16-19(17,18)14-8-6-13(7-9-14)15-11(3)12-4-5-12/h6-12,15-16H,4-5H2,1-3H3. The highest BCUT2D eigenvalue weighted by Crippen LogP contribution is 2.34. The van der Waals surface area contributed by atoms with E-state index >= 15 is 0 Å². The average Bonchev–Trinajstić information content (AvgIpc) is 3.11. The average molecular weight is 282 g/mol. The Morgan fingerprint density at radius 3 is 2.16 bits per heavy atom. The number of anilines is 1. The van der Waals surface area contributed by atoms with Gasteiger partial charge in [-0.25, -0.2) is 13.1 Å². The molecule has 1 aromatic rings. The summed E-state index contributed by atoms with van der Waals surface area (Å²) in [5.41, 5.74) is 0.975. The number of nitrogens with one attached hydrogen (secondary N) is 2. The van der Waals surface area contributed by atoms with Crippen LogP contribution in [0.5, 0.6) is 0 Å². The Kier molecular flexibility index (Phi) is 4.16. The first kappa shape index (κ1) is 14.3. The third-order valence-electron chi connectivity index (χ3n) is 3.28. The molecule has 0 aliphatic heterocycles. The van der Waals surface area contributed by atoms with E-state index in [0.717, 1.165) is 11.6 Å². The smallest absolute Gasteiger partial charge is 0.240 e. The second kappa shape index (κ2) is 5.51. The molecule has 1 aliphatic carbocycles. The van der Waals surface area contributed by atoms with Crippen molar-refractivity contribution in [1.29, 1.82) is 0 Å². The molecule has 1 unspecified atom stereocenters. The lowest BCUT2D eigenvalue weighted by atomic mass is 10.2. The minimum absolute atomic E-state index is 0.0994. The van der Waals surface area contributed by atoms with Crippen molar-refractivity contribution in [2.24, 2.45) is 5.92 Å². The van der Waals surface area contributed by atoms with E-state index in [2.05, 4.69) is 17.0 Å². The van der Waals surface area contributed by atoms with E-state index in [1.165, 1.54) is 12.8 Å². The summed E-state index contributed by atoms with van der Waals surface area (Å²) in [5.74, 6) is 0.769. The summed E-state index contributed by atoms with van der Waals surface area (Å²) in [6, 6.07) is 7.30. The van der Waals surface area contributed by atoms with Crippen LogP contribution in [-0.4, -0.2) is 20.5 Å². The summed E-state index contributed by atoms with van der Waals surface area (Å²) >= 11 is 0. The Bertz CT molecular complexity index is 519. The maximum Gasteiger partial charge on any atom is 0.240 e. The van der Waals surface area contributed by atoms with Crippen LogP contribution in [-0.2, 0) is 10.0 Å². The molecular formula is C14H22N2O2S. The monoisotopic (exact) mass is 282 g/mol. The van der Waals surface area contributed by atoms with Crippen LogP contribution in [0.4, 0.5) is 5.69 Å². The molecule has 0 spiro atoms. The molecule has 0 saturated heterocycles. The highest BCUT2D eigenvalue weighted by Gasteiger charge is 2.27. The molecule has 0 aromatic heterocycles. The maximum absolute atomic E-state index is 12.0. The summed E-state index contributed by atoms with van der Waals surface area (Å²) in [6.07, 6.45) is 2.58. The third-order valence-corrected chi connectivity index (χ3v) is 4.95. The van der Waals surface area contributed by atoms with Crippen molar-refractivity contribution in [2.75, 3.05) is 5.32 Å². The Hall–Kier alpha value is -1.07. The predicted molar refractivity (Wildman–Crippen MR) is 77.7 cm³/mol. The van der Waals surface area contributed by atoms with E-state index in [-0.39, 0.29) is 6.04 Å². The number of hydrogen-bond donors (Lipinski definition) is 2. The zero-order chi connectivity index (χ0) is 14.0. The molecule has 0 bridgehead atoms. The van der Waals surface area contributed by atoms with Gasteiger partial charge in [0.2, 0.25) is 10.0 Å². The van der Waals surface area contributed by atoms with Gasteiger partial charge in [-0.1, -0.05) is 0 Å². The lowest BCUT2D eigenvalue weighted by molar-refractivity contribution is 0.570. The van der Waals surface area contributed by atoms with E-state index in [0.29, 0.717) is 10.9 Å². The van der Waals surface area contributed by atoms with Gasteiger partial charge in [-0.2, -0.15) is 0 Å². The van der Waals surface area contributed by atoms with Crippen LogP contribution in [0.1, 0.15) is 33.6 Å². The summed E-state index contributed by atoms with van der Waals surface area (Å²) in [4.78, 5) is 0.311. The molecule has 1 aromatic carbocycles. The molecular weight excluding hydrogens is 260 g/mol. The fraction of sp³-hybridized carbons (Fsp3) is 0.571. The topological polar surface area (TPSA) is 58.2 Å². The Labute approximate surface area is 115 Å². The molecule has 0 heterocycles. The molecule has 2 rings (SSSR count). The molecule has 1 saturated carbocycles. The normalized spacial score (nSPS) is 17.5. The van der Waals surface area contributed by atoms with Crippen LogP contribution < -0.4 is 10.0 Å². The fourth-order valence-electron chi connectivity index (χ4n) is 2.09. The Morgan fingerprint density at radius 1 is 1.11 bits per heavy atom. The first-order chi connectivity index (χ1) is 8.88. The van der Waals surface area contributed by atoms with Crippen molar-refractivity contribution in [3.8, 4) is 0 Å². The van der Waals surface area contributed by atoms with Crippen LogP contribution in [0.2, 0.25) is 0 Å². The molecule has 4 nitrogen and oxygen atoms in total. The number of sulfonamides is 1. The second-order valence-electron chi connectivity index (χ2n) is 5.57. The zero-order valence-electron chi connectivity index (χ0n) is 11.7. The number of hydrogen-bond acceptors (Lipinski definition) is 3. The highest BCUT2D eigenvalue weighted by molar-refractivity contribution is 7.89. The lowest BCUT2D eigenvalue weighted by Crippen LogP contribution is -2.30. The largest absolute Gasteiger partial charge is 0.382 e. The van der Waals surface area contributed by atoms with Crippen LogP contribution in [0.15, 0.2) is 29.2 Å². The maximum atomic E-state index is 12.0.